The second-order valence-electron chi connectivity index (χ2n) is 5.22. The summed E-state index contributed by atoms with van der Waals surface area (Å²) >= 11 is 5.04. The molecule has 0 aromatic rings. The molecule has 16 heavy (non-hydrogen) atoms. The van der Waals surface area contributed by atoms with E-state index in [1.807, 2.05) is 0 Å². The summed E-state index contributed by atoms with van der Waals surface area (Å²) in [4.78, 5) is 2.85. The summed E-state index contributed by atoms with van der Waals surface area (Å²) in [6.07, 6.45) is 1.29. The number of nitrogens with two attached hydrogens (primary N) is 1. The molecule has 0 aromatic heterocycles. The van der Waals surface area contributed by atoms with Gasteiger partial charge in [0.05, 0.1) is 17.7 Å². The maximum absolute atomic E-state index is 5.68. The molecule has 0 atom stereocenters. The van der Waals surface area contributed by atoms with E-state index in [1.54, 1.807) is 0 Å². The van der Waals surface area contributed by atoms with Gasteiger partial charge in [0.15, 0.2) is 0 Å². The summed E-state index contributed by atoms with van der Waals surface area (Å²) in [6, 6.07) is 0. The van der Waals surface area contributed by atoms with Crippen LogP contribution in [0.5, 0.6) is 0 Å². The van der Waals surface area contributed by atoms with Crippen LogP contribution in [0.4, 0.5) is 0 Å². The van der Waals surface area contributed by atoms with Crippen molar-refractivity contribution in [2.75, 3.05) is 26.7 Å². The van der Waals surface area contributed by atoms with Crippen molar-refractivity contribution < 1.29 is 4.74 Å². The maximum Gasteiger partial charge on any atom is 0.0784 e. The third-order valence-corrected chi connectivity index (χ3v) is 3.26. The summed E-state index contributed by atoms with van der Waals surface area (Å²) in [5.41, 5.74) is 5.63. The molecular weight excluding hydrogens is 220 g/mol. The standard InChI is InChI=1S/C12H26N2OS/c1-10(2)15-9-8-14(5)7-6-12(3,4)11(13)16/h10H,6-9H2,1-5H3,(H2,13,16). The van der Waals surface area contributed by atoms with Gasteiger partial charge < -0.3 is 15.4 Å². The van der Waals surface area contributed by atoms with Crippen molar-refractivity contribution in [1.29, 1.82) is 0 Å². The number of hydrogen-bond acceptors (Lipinski definition) is 3. The molecular formula is C12H26N2OS. The van der Waals surface area contributed by atoms with Crippen LogP contribution in [0, 0.1) is 5.41 Å². The van der Waals surface area contributed by atoms with Crippen LogP contribution >= 0.6 is 12.2 Å². The van der Waals surface area contributed by atoms with Crippen molar-refractivity contribution in [3.05, 3.63) is 0 Å². The molecule has 0 spiro atoms. The molecule has 0 radical (unpaired) electrons. The van der Waals surface area contributed by atoms with Gasteiger partial charge in [0.25, 0.3) is 0 Å². The van der Waals surface area contributed by atoms with Gasteiger partial charge in [-0.15, -0.1) is 0 Å². The van der Waals surface area contributed by atoms with Gasteiger partial charge in [0.2, 0.25) is 0 Å². The Morgan fingerprint density at radius 2 is 1.94 bits per heavy atom. The van der Waals surface area contributed by atoms with E-state index in [9.17, 15) is 0 Å². The van der Waals surface area contributed by atoms with Gasteiger partial charge in [0.1, 0.15) is 0 Å². The highest BCUT2D eigenvalue weighted by atomic mass is 32.1. The monoisotopic (exact) mass is 246 g/mol. The smallest absolute Gasteiger partial charge is 0.0784 e. The van der Waals surface area contributed by atoms with Crippen LogP contribution in [0.15, 0.2) is 0 Å². The van der Waals surface area contributed by atoms with E-state index in [-0.39, 0.29) is 5.41 Å². The zero-order chi connectivity index (χ0) is 12.8. The van der Waals surface area contributed by atoms with E-state index in [0.717, 1.165) is 26.1 Å². The predicted octanol–water partition coefficient (Wildman–Crippen LogP) is 2.05. The van der Waals surface area contributed by atoms with E-state index in [4.69, 9.17) is 22.7 Å². The second kappa shape index (κ2) is 7.20. The summed E-state index contributed by atoms with van der Waals surface area (Å²) in [5, 5.41) is 0. The van der Waals surface area contributed by atoms with E-state index in [2.05, 4.69) is 39.6 Å². The molecule has 0 bridgehead atoms. The minimum Gasteiger partial charge on any atom is -0.393 e. The van der Waals surface area contributed by atoms with Gasteiger partial charge in [-0.2, -0.15) is 0 Å². The Kier molecular flexibility index (Phi) is 7.11. The number of hydrogen-bond donors (Lipinski definition) is 1. The van der Waals surface area contributed by atoms with Crippen LogP contribution in [0.2, 0.25) is 0 Å². The minimum atomic E-state index is -0.0531. The van der Waals surface area contributed by atoms with Crippen LogP contribution in [0.1, 0.15) is 34.1 Å². The number of likely N-dealkylation sites (N-methyl/N-ethyl adjacent to an activating group) is 1. The van der Waals surface area contributed by atoms with E-state index >= 15 is 0 Å². The van der Waals surface area contributed by atoms with Gasteiger partial charge >= 0.3 is 0 Å². The maximum atomic E-state index is 5.68. The molecule has 4 heteroatoms. The van der Waals surface area contributed by atoms with E-state index in [0.29, 0.717) is 11.1 Å². The average Bonchev–Trinajstić information content (AvgIpc) is 2.14. The topological polar surface area (TPSA) is 38.5 Å². The molecule has 3 nitrogen and oxygen atoms in total. The lowest BCUT2D eigenvalue weighted by molar-refractivity contribution is 0.0627. The van der Waals surface area contributed by atoms with Crippen LogP contribution in [0.25, 0.3) is 0 Å². The highest BCUT2D eigenvalue weighted by Gasteiger charge is 2.21. The third-order valence-electron chi connectivity index (χ3n) is 2.71. The van der Waals surface area contributed by atoms with E-state index in [1.165, 1.54) is 0 Å². The molecule has 0 heterocycles. The van der Waals surface area contributed by atoms with Crippen molar-refractivity contribution in [3.63, 3.8) is 0 Å². The molecule has 0 aliphatic rings. The molecule has 0 rings (SSSR count). The van der Waals surface area contributed by atoms with Crippen LogP contribution < -0.4 is 5.73 Å². The van der Waals surface area contributed by atoms with Crippen LogP contribution in [-0.2, 0) is 4.74 Å². The minimum absolute atomic E-state index is 0.0531. The SMILES string of the molecule is CC(C)OCCN(C)CCC(C)(C)C(N)=S. The summed E-state index contributed by atoms with van der Waals surface area (Å²) in [5.74, 6) is 0. The van der Waals surface area contributed by atoms with Gasteiger partial charge in [-0.3, -0.25) is 0 Å². The Balaban J connectivity index is 3.73. The Morgan fingerprint density at radius 3 is 2.38 bits per heavy atom. The summed E-state index contributed by atoms with van der Waals surface area (Å²) in [6.45, 7) is 11.0. The first-order valence-corrected chi connectivity index (χ1v) is 6.26. The van der Waals surface area contributed by atoms with Gasteiger partial charge in [0, 0.05) is 12.0 Å². The number of rotatable bonds is 8. The lowest BCUT2D eigenvalue weighted by Crippen LogP contribution is -2.34. The number of nitrogens with zero attached hydrogens (tertiary/aromatic N) is 1. The molecule has 0 aromatic carbocycles. The largest absolute Gasteiger partial charge is 0.393 e. The quantitative estimate of drug-likeness (QED) is 0.665. The second-order valence-corrected chi connectivity index (χ2v) is 5.66. The fourth-order valence-corrected chi connectivity index (χ4v) is 1.25. The Hall–Kier alpha value is -0.190. The van der Waals surface area contributed by atoms with Gasteiger partial charge in [-0.05, 0) is 33.9 Å². The van der Waals surface area contributed by atoms with Crippen LogP contribution in [0.3, 0.4) is 0 Å². The highest BCUT2D eigenvalue weighted by molar-refractivity contribution is 7.80. The number of ether oxygens (including phenoxy) is 1. The number of thiocarbonyl (C=S) groups is 1. The normalized spacial score (nSPS) is 12.4. The van der Waals surface area contributed by atoms with Crippen LogP contribution in [-0.4, -0.2) is 42.7 Å². The molecule has 0 unspecified atom stereocenters. The van der Waals surface area contributed by atoms with Crippen molar-refractivity contribution in [2.45, 2.75) is 40.2 Å². The van der Waals surface area contributed by atoms with Crippen molar-refractivity contribution >= 4 is 17.2 Å². The molecule has 2 N–H and O–H groups in total. The highest BCUT2D eigenvalue weighted by Crippen LogP contribution is 2.20. The zero-order valence-corrected chi connectivity index (χ0v) is 12.1. The fraction of sp³-hybridized carbons (Fsp3) is 0.917. The first-order chi connectivity index (χ1) is 7.25. The van der Waals surface area contributed by atoms with Crippen molar-refractivity contribution in [3.8, 4) is 0 Å². The molecule has 0 aliphatic carbocycles. The molecule has 0 fully saturated rings. The first kappa shape index (κ1) is 15.8. The van der Waals surface area contributed by atoms with Crippen molar-refractivity contribution in [2.24, 2.45) is 11.1 Å². The summed E-state index contributed by atoms with van der Waals surface area (Å²) < 4.78 is 5.50. The molecule has 0 saturated heterocycles. The molecule has 0 amide bonds. The first-order valence-electron chi connectivity index (χ1n) is 5.86. The van der Waals surface area contributed by atoms with Gasteiger partial charge in [-0.25, -0.2) is 0 Å². The summed E-state index contributed by atoms with van der Waals surface area (Å²) in [7, 11) is 2.10. The lowest BCUT2D eigenvalue weighted by Gasteiger charge is -2.26. The lowest BCUT2D eigenvalue weighted by atomic mass is 9.89. The van der Waals surface area contributed by atoms with Crippen molar-refractivity contribution in [1.82, 2.24) is 4.90 Å². The fourth-order valence-electron chi connectivity index (χ4n) is 1.15. The third kappa shape index (κ3) is 7.14. The predicted molar refractivity (Wildman–Crippen MR) is 73.8 cm³/mol. The zero-order valence-electron chi connectivity index (χ0n) is 11.2. The average molecular weight is 246 g/mol. The Bertz CT molecular complexity index is 217. The Morgan fingerprint density at radius 1 is 1.38 bits per heavy atom. The molecule has 0 saturated carbocycles. The van der Waals surface area contributed by atoms with Gasteiger partial charge in [-0.1, -0.05) is 26.1 Å². The van der Waals surface area contributed by atoms with E-state index < -0.39 is 0 Å². The molecule has 0 aliphatic heterocycles. The molecule has 96 valence electrons. The Labute approximate surface area is 105 Å².